The molecule has 176 valence electrons. The lowest BCUT2D eigenvalue weighted by atomic mass is 9.98. The molecule has 9 heteroatoms. The van der Waals surface area contributed by atoms with Crippen LogP contribution in [0.4, 0.5) is 5.69 Å². The number of aryl methyl sites for hydroxylation is 1. The van der Waals surface area contributed by atoms with Crippen molar-refractivity contribution in [2.45, 2.75) is 43.5 Å². The molecule has 1 unspecified atom stereocenters. The standard InChI is InChI=1S/C24H29N3O5S/c1-32-22-9-3-2-6-18(22)15-25-24(29)19-8-5-13-27(16-19)33(30,31)20-11-12-21-17(14-20)7-4-10-23(28)26-21/h2-3,6,9,11-12,14,19H,4-5,7-8,10,13,15-16H2,1H3,(H,25,29)(H,26,28). The molecule has 1 saturated heterocycles. The molecule has 33 heavy (non-hydrogen) atoms. The number of para-hydroxylation sites is 1. The van der Waals surface area contributed by atoms with Crippen LogP contribution in [0, 0.1) is 5.92 Å². The second-order valence-electron chi connectivity index (χ2n) is 8.45. The number of anilines is 1. The maximum atomic E-state index is 13.3. The van der Waals surface area contributed by atoms with E-state index in [1.54, 1.807) is 19.2 Å². The first kappa shape index (κ1) is 23.3. The van der Waals surface area contributed by atoms with Crippen LogP contribution in [-0.2, 0) is 32.6 Å². The predicted octanol–water partition coefficient (Wildman–Crippen LogP) is 2.69. The largest absolute Gasteiger partial charge is 0.496 e. The highest BCUT2D eigenvalue weighted by atomic mass is 32.2. The van der Waals surface area contributed by atoms with Crippen molar-refractivity contribution < 1.29 is 22.7 Å². The summed E-state index contributed by atoms with van der Waals surface area (Å²) in [5.41, 5.74) is 2.36. The Bertz CT molecular complexity index is 1150. The number of piperidine rings is 1. The van der Waals surface area contributed by atoms with Gasteiger partial charge in [0.15, 0.2) is 0 Å². The molecule has 0 spiro atoms. The van der Waals surface area contributed by atoms with E-state index < -0.39 is 15.9 Å². The molecule has 0 aliphatic carbocycles. The highest BCUT2D eigenvalue weighted by molar-refractivity contribution is 7.89. The Kier molecular flexibility index (Phi) is 6.99. The Morgan fingerprint density at radius 3 is 2.82 bits per heavy atom. The molecule has 0 bridgehead atoms. The number of rotatable bonds is 6. The highest BCUT2D eigenvalue weighted by Gasteiger charge is 2.33. The number of hydrogen-bond acceptors (Lipinski definition) is 5. The van der Waals surface area contributed by atoms with Crippen LogP contribution >= 0.6 is 0 Å². The fraction of sp³-hybridized carbons (Fsp3) is 0.417. The van der Waals surface area contributed by atoms with Crippen LogP contribution < -0.4 is 15.4 Å². The highest BCUT2D eigenvalue weighted by Crippen LogP contribution is 2.29. The molecule has 8 nitrogen and oxygen atoms in total. The summed E-state index contributed by atoms with van der Waals surface area (Å²) < 4.78 is 33.4. The predicted molar refractivity (Wildman–Crippen MR) is 124 cm³/mol. The van der Waals surface area contributed by atoms with Gasteiger partial charge in [-0.2, -0.15) is 4.31 Å². The minimum absolute atomic E-state index is 0.0534. The second kappa shape index (κ2) is 9.93. The summed E-state index contributed by atoms with van der Waals surface area (Å²) in [5, 5.41) is 5.76. The second-order valence-corrected chi connectivity index (χ2v) is 10.4. The van der Waals surface area contributed by atoms with E-state index >= 15 is 0 Å². The summed E-state index contributed by atoms with van der Waals surface area (Å²) in [4.78, 5) is 24.8. The van der Waals surface area contributed by atoms with Crippen LogP contribution in [0.1, 0.15) is 36.8 Å². The normalized spacial score (nSPS) is 19.2. The van der Waals surface area contributed by atoms with Crippen molar-refractivity contribution in [2.24, 2.45) is 5.92 Å². The van der Waals surface area contributed by atoms with Gasteiger partial charge in [0.2, 0.25) is 21.8 Å². The van der Waals surface area contributed by atoms with Gasteiger partial charge in [0.05, 0.1) is 17.9 Å². The molecule has 1 atom stereocenters. The van der Waals surface area contributed by atoms with Crippen molar-refractivity contribution in [1.29, 1.82) is 0 Å². The molecule has 0 radical (unpaired) electrons. The van der Waals surface area contributed by atoms with Gasteiger partial charge in [0.25, 0.3) is 0 Å². The van der Waals surface area contributed by atoms with Crippen molar-refractivity contribution in [3.05, 3.63) is 53.6 Å². The number of nitrogens with one attached hydrogen (secondary N) is 2. The number of methoxy groups -OCH3 is 1. The molecule has 1 fully saturated rings. The zero-order chi connectivity index (χ0) is 23.4. The fourth-order valence-electron chi connectivity index (χ4n) is 4.41. The summed E-state index contributed by atoms with van der Waals surface area (Å²) in [6.07, 6.45) is 3.01. The minimum atomic E-state index is -3.74. The monoisotopic (exact) mass is 471 g/mol. The SMILES string of the molecule is COc1ccccc1CNC(=O)C1CCCN(S(=O)(=O)c2ccc3c(c2)CCCC(=O)N3)C1. The number of sulfonamides is 1. The number of fused-ring (bicyclic) bond motifs is 1. The Morgan fingerprint density at radius 2 is 2.00 bits per heavy atom. The molecule has 2 aliphatic heterocycles. The van der Waals surface area contributed by atoms with Crippen LogP contribution in [0.2, 0.25) is 0 Å². The van der Waals surface area contributed by atoms with Gasteiger partial charge in [-0.1, -0.05) is 18.2 Å². The van der Waals surface area contributed by atoms with Gasteiger partial charge >= 0.3 is 0 Å². The Morgan fingerprint density at radius 1 is 1.18 bits per heavy atom. The first-order valence-electron chi connectivity index (χ1n) is 11.2. The zero-order valence-corrected chi connectivity index (χ0v) is 19.5. The number of carbonyl (C=O) groups excluding carboxylic acids is 2. The molecular weight excluding hydrogens is 442 g/mol. The quantitative estimate of drug-likeness (QED) is 0.674. The van der Waals surface area contributed by atoms with Crippen LogP contribution in [0.25, 0.3) is 0 Å². The lowest BCUT2D eigenvalue weighted by molar-refractivity contribution is -0.126. The number of ether oxygens (including phenoxy) is 1. The molecule has 0 aromatic heterocycles. The molecule has 2 aromatic carbocycles. The fourth-order valence-corrected chi connectivity index (χ4v) is 5.99. The molecule has 0 saturated carbocycles. The van der Waals surface area contributed by atoms with E-state index in [-0.39, 0.29) is 23.3 Å². The van der Waals surface area contributed by atoms with Gasteiger partial charge in [0.1, 0.15) is 5.75 Å². The Hall–Kier alpha value is -2.91. The molecule has 2 aromatic rings. The first-order valence-corrected chi connectivity index (χ1v) is 12.6. The van der Waals surface area contributed by atoms with Crippen LogP contribution in [-0.4, -0.2) is 44.7 Å². The molecule has 2 N–H and O–H groups in total. The van der Waals surface area contributed by atoms with E-state index in [1.165, 1.54) is 10.4 Å². The first-order chi connectivity index (χ1) is 15.9. The van der Waals surface area contributed by atoms with Gasteiger partial charge < -0.3 is 15.4 Å². The van der Waals surface area contributed by atoms with Gasteiger partial charge in [-0.05, 0) is 55.5 Å². The Labute approximate surface area is 194 Å². The topological polar surface area (TPSA) is 105 Å². The summed E-state index contributed by atoms with van der Waals surface area (Å²) in [7, 11) is -2.16. The van der Waals surface area contributed by atoms with Crippen LogP contribution in [0.3, 0.4) is 0 Å². The molecular formula is C24H29N3O5S. The van der Waals surface area contributed by atoms with Crippen molar-refractivity contribution >= 4 is 27.5 Å². The number of benzene rings is 2. The third-order valence-corrected chi connectivity index (χ3v) is 8.10. The molecule has 4 rings (SSSR count). The van der Waals surface area contributed by atoms with Gasteiger partial charge in [-0.25, -0.2) is 8.42 Å². The van der Waals surface area contributed by atoms with Crippen molar-refractivity contribution in [3.63, 3.8) is 0 Å². The van der Waals surface area contributed by atoms with E-state index in [2.05, 4.69) is 10.6 Å². The molecule has 2 aliphatic rings. The average molecular weight is 472 g/mol. The van der Waals surface area contributed by atoms with E-state index in [4.69, 9.17) is 4.74 Å². The lowest BCUT2D eigenvalue weighted by Gasteiger charge is -2.31. The van der Waals surface area contributed by atoms with E-state index in [0.717, 1.165) is 11.1 Å². The maximum Gasteiger partial charge on any atom is 0.243 e. The third-order valence-electron chi connectivity index (χ3n) is 6.24. The minimum Gasteiger partial charge on any atom is -0.496 e. The number of nitrogens with zero attached hydrogens (tertiary/aromatic N) is 1. The number of carbonyl (C=O) groups is 2. The van der Waals surface area contributed by atoms with E-state index in [9.17, 15) is 18.0 Å². The van der Waals surface area contributed by atoms with Gasteiger partial charge in [-0.3, -0.25) is 9.59 Å². The molecule has 2 heterocycles. The van der Waals surface area contributed by atoms with Gasteiger partial charge in [-0.15, -0.1) is 0 Å². The van der Waals surface area contributed by atoms with E-state index in [0.29, 0.717) is 56.6 Å². The Balaban J connectivity index is 1.44. The van der Waals surface area contributed by atoms with E-state index in [1.807, 2.05) is 24.3 Å². The van der Waals surface area contributed by atoms with Crippen LogP contribution in [0.15, 0.2) is 47.4 Å². The lowest BCUT2D eigenvalue weighted by Crippen LogP contribution is -2.45. The number of amides is 2. The van der Waals surface area contributed by atoms with Crippen molar-refractivity contribution in [3.8, 4) is 5.75 Å². The zero-order valence-electron chi connectivity index (χ0n) is 18.7. The van der Waals surface area contributed by atoms with Crippen molar-refractivity contribution in [2.75, 3.05) is 25.5 Å². The average Bonchev–Trinajstić information content (AvgIpc) is 3.02. The summed E-state index contributed by atoms with van der Waals surface area (Å²) >= 11 is 0. The van der Waals surface area contributed by atoms with Gasteiger partial charge in [0, 0.05) is 37.3 Å². The summed E-state index contributed by atoms with van der Waals surface area (Å²) in [5.74, 6) is 0.0706. The smallest absolute Gasteiger partial charge is 0.243 e. The maximum absolute atomic E-state index is 13.3. The third kappa shape index (κ3) is 5.20. The summed E-state index contributed by atoms with van der Waals surface area (Å²) in [6, 6.07) is 12.3. The van der Waals surface area contributed by atoms with Crippen molar-refractivity contribution in [1.82, 2.24) is 9.62 Å². The molecule has 2 amide bonds. The number of hydrogen-bond donors (Lipinski definition) is 2. The summed E-state index contributed by atoms with van der Waals surface area (Å²) in [6.45, 7) is 0.850. The van der Waals surface area contributed by atoms with Crippen LogP contribution in [0.5, 0.6) is 5.75 Å².